The Bertz CT molecular complexity index is 935. The Balaban J connectivity index is 1.73. The number of hydrogen-bond acceptors (Lipinski definition) is 5. The van der Waals surface area contributed by atoms with E-state index in [0.29, 0.717) is 16.2 Å². The van der Waals surface area contributed by atoms with Crippen molar-refractivity contribution in [2.24, 2.45) is 0 Å². The Kier molecular flexibility index (Phi) is 6.07. The number of hydrogen-bond donors (Lipinski definition) is 0. The molecule has 1 aliphatic rings. The lowest BCUT2D eigenvalue weighted by Gasteiger charge is -2.15. The normalized spacial score (nSPS) is 13.9. The van der Waals surface area contributed by atoms with Crippen molar-refractivity contribution < 1.29 is 23.9 Å². The van der Waals surface area contributed by atoms with Crippen molar-refractivity contribution in [1.29, 1.82) is 0 Å². The van der Waals surface area contributed by atoms with E-state index in [0.717, 1.165) is 29.7 Å². The lowest BCUT2D eigenvalue weighted by Crippen LogP contribution is -2.37. The third-order valence-corrected chi connectivity index (χ3v) is 4.78. The number of ketones is 1. The number of aryl methyl sites for hydroxylation is 1. The van der Waals surface area contributed by atoms with Crippen molar-refractivity contribution in [2.75, 3.05) is 18.6 Å². The maximum absolute atomic E-state index is 12.6. The van der Waals surface area contributed by atoms with Crippen molar-refractivity contribution >= 4 is 29.3 Å². The van der Waals surface area contributed by atoms with Crippen LogP contribution in [0.1, 0.15) is 35.7 Å². The molecule has 0 N–H and O–H groups in total. The van der Waals surface area contributed by atoms with Gasteiger partial charge in [0.2, 0.25) is 0 Å². The monoisotopic (exact) mass is 394 g/mol. The summed E-state index contributed by atoms with van der Waals surface area (Å²) in [6, 6.07) is 12.4. The molecule has 7 nitrogen and oxygen atoms in total. The molecule has 2 aromatic rings. The Morgan fingerprint density at radius 3 is 2.17 bits per heavy atom. The van der Waals surface area contributed by atoms with Crippen LogP contribution in [0.15, 0.2) is 48.5 Å². The molecule has 1 fully saturated rings. The molecule has 0 saturated carbocycles. The molecule has 7 heteroatoms. The summed E-state index contributed by atoms with van der Waals surface area (Å²) in [5.41, 5.74) is 1.75. The summed E-state index contributed by atoms with van der Waals surface area (Å²) in [7, 11) is 1.49. The van der Waals surface area contributed by atoms with Crippen LogP contribution >= 0.6 is 0 Å². The molecule has 1 aliphatic heterocycles. The van der Waals surface area contributed by atoms with Crippen LogP contribution in [0.3, 0.4) is 0 Å². The van der Waals surface area contributed by atoms with Crippen LogP contribution in [0.2, 0.25) is 0 Å². The number of imide groups is 2. The molecule has 29 heavy (non-hydrogen) atoms. The van der Waals surface area contributed by atoms with Gasteiger partial charge in [-0.3, -0.25) is 14.4 Å². The van der Waals surface area contributed by atoms with E-state index in [2.05, 4.69) is 6.92 Å². The number of ether oxygens (including phenoxy) is 1. The molecular weight excluding hydrogens is 372 g/mol. The number of anilines is 1. The number of carbonyl (C=O) groups is 4. The van der Waals surface area contributed by atoms with Crippen LogP contribution in [0.4, 0.5) is 10.5 Å². The number of carbonyl (C=O) groups excluding carboxylic acids is 4. The van der Waals surface area contributed by atoms with E-state index in [1.165, 1.54) is 19.2 Å². The van der Waals surface area contributed by atoms with E-state index in [1.807, 2.05) is 12.1 Å². The Morgan fingerprint density at radius 2 is 1.59 bits per heavy atom. The van der Waals surface area contributed by atoms with Gasteiger partial charge in [-0.1, -0.05) is 37.6 Å². The van der Waals surface area contributed by atoms with Gasteiger partial charge in [0, 0.05) is 5.56 Å². The highest BCUT2D eigenvalue weighted by atomic mass is 16.5. The highest BCUT2D eigenvalue weighted by Gasteiger charge is 2.46. The Labute approximate surface area is 168 Å². The minimum Gasteiger partial charge on any atom is -0.497 e. The van der Waals surface area contributed by atoms with Gasteiger partial charge in [-0.2, -0.15) is 0 Å². The lowest BCUT2D eigenvalue weighted by molar-refractivity contribution is -0.139. The molecule has 0 aromatic heterocycles. The zero-order chi connectivity index (χ0) is 21.0. The maximum Gasteiger partial charge on any atom is 0.339 e. The smallest absolute Gasteiger partial charge is 0.339 e. The Morgan fingerprint density at radius 1 is 0.931 bits per heavy atom. The molecule has 2 aromatic carbocycles. The quantitative estimate of drug-likeness (QED) is 0.390. The minimum absolute atomic E-state index is 0.240. The number of nitrogens with zero attached hydrogens (tertiary/aromatic N) is 2. The molecule has 0 radical (unpaired) electrons. The molecule has 1 saturated heterocycles. The molecule has 0 aliphatic carbocycles. The fourth-order valence-corrected chi connectivity index (χ4v) is 3.08. The second-order valence-electron chi connectivity index (χ2n) is 6.74. The summed E-state index contributed by atoms with van der Waals surface area (Å²) < 4.78 is 5.05. The van der Waals surface area contributed by atoms with Gasteiger partial charge in [-0.15, -0.1) is 0 Å². The van der Waals surface area contributed by atoms with Crippen LogP contribution in [-0.4, -0.2) is 42.2 Å². The van der Waals surface area contributed by atoms with Crippen molar-refractivity contribution in [2.45, 2.75) is 26.2 Å². The molecule has 0 spiro atoms. The van der Waals surface area contributed by atoms with E-state index >= 15 is 0 Å². The molecule has 0 unspecified atom stereocenters. The van der Waals surface area contributed by atoms with E-state index in [4.69, 9.17) is 4.74 Å². The number of Topliss-reactive ketones (excluding diaryl/α,β-unsaturated/α-hetero) is 1. The van der Waals surface area contributed by atoms with Crippen molar-refractivity contribution in [3.05, 3.63) is 59.7 Å². The second-order valence-corrected chi connectivity index (χ2v) is 6.74. The standard InChI is InChI=1S/C22H22N2O5/c1-3-4-5-15-6-8-16(9-7-15)19(25)14-23-20(26)21(27)24(22(23)28)17-10-12-18(29-2)13-11-17/h6-13H,3-5,14H2,1-2H3. The maximum atomic E-state index is 12.6. The molecule has 3 rings (SSSR count). The largest absolute Gasteiger partial charge is 0.497 e. The van der Waals surface area contributed by atoms with E-state index in [9.17, 15) is 19.2 Å². The van der Waals surface area contributed by atoms with Gasteiger partial charge in [0.15, 0.2) is 5.78 Å². The van der Waals surface area contributed by atoms with Gasteiger partial charge >= 0.3 is 17.8 Å². The van der Waals surface area contributed by atoms with Gasteiger partial charge < -0.3 is 4.74 Å². The first-order chi connectivity index (χ1) is 14.0. The molecular formula is C22H22N2O5. The molecule has 4 amide bonds. The third-order valence-electron chi connectivity index (χ3n) is 4.78. The average Bonchev–Trinajstić information content (AvgIpc) is 2.95. The SMILES string of the molecule is CCCCc1ccc(C(=O)CN2C(=O)C(=O)N(c3ccc(OC)cc3)C2=O)cc1. The summed E-state index contributed by atoms with van der Waals surface area (Å²) >= 11 is 0. The number of rotatable bonds is 8. The number of benzene rings is 2. The summed E-state index contributed by atoms with van der Waals surface area (Å²) in [6.07, 6.45) is 3.07. The fourth-order valence-electron chi connectivity index (χ4n) is 3.08. The topological polar surface area (TPSA) is 84.0 Å². The molecule has 0 bridgehead atoms. The summed E-state index contributed by atoms with van der Waals surface area (Å²) in [4.78, 5) is 51.3. The molecule has 0 atom stereocenters. The van der Waals surface area contributed by atoms with Gasteiger partial charge in [0.1, 0.15) is 5.75 Å². The summed E-state index contributed by atoms with van der Waals surface area (Å²) in [5, 5.41) is 0. The van der Waals surface area contributed by atoms with Crippen molar-refractivity contribution in [3.63, 3.8) is 0 Å². The van der Waals surface area contributed by atoms with Crippen LogP contribution < -0.4 is 9.64 Å². The average molecular weight is 394 g/mol. The highest BCUT2D eigenvalue weighted by Crippen LogP contribution is 2.25. The molecule has 150 valence electrons. The van der Waals surface area contributed by atoms with E-state index < -0.39 is 30.2 Å². The molecule has 1 heterocycles. The first-order valence-electron chi connectivity index (χ1n) is 9.42. The van der Waals surface area contributed by atoms with Crippen molar-refractivity contribution in [1.82, 2.24) is 4.90 Å². The van der Waals surface area contributed by atoms with E-state index in [1.54, 1.807) is 24.3 Å². The second kappa shape index (κ2) is 8.68. The van der Waals surface area contributed by atoms with Crippen LogP contribution in [-0.2, 0) is 16.0 Å². The highest BCUT2D eigenvalue weighted by molar-refractivity contribution is 6.53. The summed E-state index contributed by atoms with van der Waals surface area (Å²) in [6.45, 7) is 1.63. The van der Waals surface area contributed by atoms with Crippen molar-refractivity contribution in [3.8, 4) is 5.75 Å². The zero-order valence-electron chi connectivity index (χ0n) is 16.4. The van der Waals surface area contributed by atoms with Crippen LogP contribution in [0, 0.1) is 0 Å². The first-order valence-corrected chi connectivity index (χ1v) is 9.42. The third kappa shape index (κ3) is 4.18. The van der Waals surface area contributed by atoms with Gasteiger partial charge in [0.25, 0.3) is 0 Å². The number of unbranched alkanes of at least 4 members (excludes halogenated alkanes) is 1. The van der Waals surface area contributed by atoms with Crippen LogP contribution in [0.25, 0.3) is 0 Å². The predicted molar refractivity (Wildman–Crippen MR) is 107 cm³/mol. The number of amides is 4. The van der Waals surface area contributed by atoms with Gasteiger partial charge in [-0.05, 0) is 42.7 Å². The Hall–Kier alpha value is -3.48. The van der Waals surface area contributed by atoms with E-state index in [-0.39, 0.29) is 5.69 Å². The predicted octanol–water partition coefficient (Wildman–Crippen LogP) is 3.22. The lowest BCUT2D eigenvalue weighted by atomic mass is 10.0. The number of urea groups is 1. The fraction of sp³-hybridized carbons (Fsp3) is 0.273. The van der Waals surface area contributed by atoms with Gasteiger partial charge in [0.05, 0.1) is 19.3 Å². The van der Waals surface area contributed by atoms with Crippen LogP contribution in [0.5, 0.6) is 5.75 Å². The zero-order valence-corrected chi connectivity index (χ0v) is 16.4. The number of methoxy groups -OCH3 is 1. The minimum atomic E-state index is -1.02. The first kappa shape index (κ1) is 20.3. The van der Waals surface area contributed by atoms with Gasteiger partial charge in [-0.25, -0.2) is 14.6 Å². The summed E-state index contributed by atoms with van der Waals surface area (Å²) in [5.74, 6) is -1.85.